The lowest BCUT2D eigenvalue weighted by Gasteiger charge is -2.33. The Morgan fingerprint density at radius 2 is 1.62 bits per heavy atom. The largest absolute Gasteiger partial charge is 0.481 e. The van der Waals surface area contributed by atoms with Gasteiger partial charge in [0, 0.05) is 13.1 Å². The van der Waals surface area contributed by atoms with E-state index in [0.29, 0.717) is 24.8 Å². The molecule has 0 radical (unpaired) electrons. The van der Waals surface area contributed by atoms with Gasteiger partial charge in [0.2, 0.25) is 0 Å². The molecule has 0 aliphatic heterocycles. The van der Waals surface area contributed by atoms with Gasteiger partial charge in [-0.15, -0.1) is 0 Å². The van der Waals surface area contributed by atoms with Crippen molar-refractivity contribution in [3.05, 3.63) is 0 Å². The summed E-state index contributed by atoms with van der Waals surface area (Å²) in [6, 6.07) is -0.219. The number of hydrogen-bond acceptors (Lipinski definition) is 2. The van der Waals surface area contributed by atoms with E-state index >= 15 is 0 Å². The van der Waals surface area contributed by atoms with Crippen LogP contribution in [0.3, 0.4) is 0 Å². The van der Waals surface area contributed by atoms with Gasteiger partial charge in [0.25, 0.3) is 0 Å². The lowest BCUT2D eigenvalue weighted by molar-refractivity contribution is -0.150. The Hall–Kier alpha value is -1.26. The second-order valence-corrected chi connectivity index (χ2v) is 6.93. The number of amides is 2. The highest BCUT2D eigenvalue weighted by molar-refractivity contribution is 5.78. The van der Waals surface area contributed by atoms with Crippen LogP contribution >= 0.6 is 0 Å². The predicted octanol–water partition coefficient (Wildman–Crippen LogP) is 2.90. The molecule has 5 heteroatoms. The lowest BCUT2D eigenvalue weighted by Crippen LogP contribution is -2.48. The van der Waals surface area contributed by atoms with Gasteiger partial charge in [-0.2, -0.15) is 0 Å². The quantitative estimate of drug-likeness (QED) is 0.676. The number of carboxylic acids is 1. The van der Waals surface area contributed by atoms with E-state index in [1.54, 1.807) is 0 Å². The van der Waals surface area contributed by atoms with Gasteiger partial charge in [-0.05, 0) is 37.5 Å². The van der Waals surface area contributed by atoms with Crippen molar-refractivity contribution in [2.24, 2.45) is 10.8 Å². The molecule has 0 unspecified atom stereocenters. The molecule has 0 spiro atoms. The van der Waals surface area contributed by atoms with Gasteiger partial charge >= 0.3 is 12.0 Å². The molecule has 0 aromatic rings. The third-order valence-electron chi connectivity index (χ3n) is 5.21. The SMILES string of the molecule is CCCC1(CNC(=O)NCC2(C(=O)O)CCCCC2)CC1. The van der Waals surface area contributed by atoms with Crippen LogP contribution in [0.4, 0.5) is 4.79 Å². The van der Waals surface area contributed by atoms with Crippen LogP contribution in [0.15, 0.2) is 0 Å². The Kier molecular flexibility index (Phi) is 5.12. The Morgan fingerprint density at radius 1 is 1.00 bits per heavy atom. The Balaban J connectivity index is 1.76. The number of rotatable bonds is 7. The first-order chi connectivity index (χ1) is 10.0. The van der Waals surface area contributed by atoms with E-state index in [9.17, 15) is 14.7 Å². The van der Waals surface area contributed by atoms with Crippen LogP contribution in [0.25, 0.3) is 0 Å². The zero-order valence-corrected chi connectivity index (χ0v) is 13.0. The third-order valence-corrected chi connectivity index (χ3v) is 5.21. The highest BCUT2D eigenvalue weighted by atomic mass is 16.4. The Labute approximate surface area is 126 Å². The van der Waals surface area contributed by atoms with Crippen LogP contribution < -0.4 is 10.6 Å². The molecule has 0 aromatic heterocycles. The number of carbonyl (C=O) groups is 2. The van der Waals surface area contributed by atoms with Crippen molar-refractivity contribution in [2.75, 3.05) is 13.1 Å². The number of carbonyl (C=O) groups excluding carboxylic acids is 1. The number of urea groups is 1. The molecule has 2 saturated carbocycles. The van der Waals surface area contributed by atoms with E-state index in [1.807, 2.05) is 0 Å². The zero-order valence-electron chi connectivity index (χ0n) is 13.0. The highest BCUT2D eigenvalue weighted by Gasteiger charge is 2.42. The van der Waals surface area contributed by atoms with Crippen molar-refractivity contribution in [1.82, 2.24) is 10.6 Å². The highest BCUT2D eigenvalue weighted by Crippen LogP contribution is 2.48. The summed E-state index contributed by atoms with van der Waals surface area (Å²) in [6.07, 6.45) is 9.01. The molecule has 120 valence electrons. The minimum Gasteiger partial charge on any atom is -0.481 e. The first-order valence-electron chi connectivity index (χ1n) is 8.27. The average molecular weight is 296 g/mol. The fourth-order valence-electron chi connectivity index (χ4n) is 3.50. The minimum absolute atomic E-state index is 0.219. The molecule has 5 nitrogen and oxygen atoms in total. The predicted molar refractivity (Wildman–Crippen MR) is 81.1 cm³/mol. The van der Waals surface area contributed by atoms with Gasteiger partial charge in [0.15, 0.2) is 0 Å². The fourth-order valence-corrected chi connectivity index (χ4v) is 3.50. The number of aliphatic carboxylic acids is 1. The van der Waals surface area contributed by atoms with Crippen LogP contribution in [0.2, 0.25) is 0 Å². The normalized spacial score (nSPS) is 22.3. The second kappa shape index (κ2) is 6.67. The maximum atomic E-state index is 11.9. The summed E-state index contributed by atoms with van der Waals surface area (Å²) < 4.78 is 0. The molecule has 2 aliphatic carbocycles. The summed E-state index contributed by atoms with van der Waals surface area (Å²) in [5, 5.41) is 15.2. The summed E-state index contributed by atoms with van der Waals surface area (Å²) in [7, 11) is 0. The van der Waals surface area contributed by atoms with E-state index in [4.69, 9.17) is 0 Å². The molecule has 0 bridgehead atoms. The van der Waals surface area contributed by atoms with Gasteiger partial charge in [-0.1, -0.05) is 32.6 Å². The number of nitrogens with one attached hydrogen (secondary N) is 2. The summed E-state index contributed by atoms with van der Waals surface area (Å²) in [6.45, 7) is 3.13. The van der Waals surface area contributed by atoms with Crippen molar-refractivity contribution < 1.29 is 14.7 Å². The van der Waals surface area contributed by atoms with Crippen molar-refractivity contribution >= 4 is 12.0 Å². The molecule has 2 fully saturated rings. The molecule has 0 aromatic carbocycles. The monoisotopic (exact) mass is 296 g/mol. The molecule has 2 aliphatic rings. The number of carboxylic acid groups (broad SMARTS) is 1. The summed E-state index contributed by atoms with van der Waals surface area (Å²) in [5.74, 6) is -0.771. The van der Waals surface area contributed by atoms with E-state index in [0.717, 1.165) is 32.1 Å². The van der Waals surface area contributed by atoms with Crippen LogP contribution in [-0.4, -0.2) is 30.2 Å². The minimum atomic E-state index is -0.771. The van der Waals surface area contributed by atoms with E-state index in [-0.39, 0.29) is 12.6 Å². The second-order valence-electron chi connectivity index (χ2n) is 6.93. The molecule has 0 atom stereocenters. The molecular weight excluding hydrogens is 268 g/mol. The first kappa shape index (κ1) is 16.1. The molecular formula is C16H28N2O3. The number of hydrogen-bond donors (Lipinski definition) is 3. The summed E-state index contributed by atoms with van der Waals surface area (Å²) in [5.41, 5.74) is -0.433. The van der Waals surface area contributed by atoms with Crippen LogP contribution in [-0.2, 0) is 4.79 Å². The van der Waals surface area contributed by atoms with Crippen LogP contribution in [0.5, 0.6) is 0 Å². The van der Waals surface area contributed by atoms with Crippen molar-refractivity contribution in [3.8, 4) is 0 Å². The van der Waals surface area contributed by atoms with Crippen molar-refractivity contribution in [2.45, 2.75) is 64.7 Å². The first-order valence-corrected chi connectivity index (χ1v) is 8.27. The standard InChI is InChI=1S/C16H28N2O3/c1-2-6-15(9-10-15)11-17-14(21)18-12-16(13(19)20)7-4-3-5-8-16/h2-12H2,1H3,(H,19,20)(H2,17,18,21). The Morgan fingerprint density at radius 3 is 2.14 bits per heavy atom. The van der Waals surface area contributed by atoms with Gasteiger partial charge in [0.05, 0.1) is 5.41 Å². The molecule has 21 heavy (non-hydrogen) atoms. The molecule has 3 N–H and O–H groups in total. The Bertz CT molecular complexity index is 385. The maximum Gasteiger partial charge on any atom is 0.314 e. The average Bonchev–Trinajstić information content (AvgIpc) is 3.24. The van der Waals surface area contributed by atoms with Crippen molar-refractivity contribution in [1.29, 1.82) is 0 Å². The third kappa shape index (κ3) is 4.11. The molecule has 2 amide bonds. The summed E-state index contributed by atoms with van der Waals surface area (Å²) in [4.78, 5) is 23.4. The fraction of sp³-hybridized carbons (Fsp3) is 0.875. The van der Waals surface area contributed by atoms with Gasteiger partial charge in [0.1, 0.15) is 0 Å². The summed E-state index contributed by atoms with van der Waals surface area (Å²) >= 11 is 0. The van der Waals surface area contributed by atoms with Crippen molar-refractivity contribution in [3.63, 3.8) is 0 Å². The van der Waals surface area contributed by atoms with Gasteiger partial charge in [-0.3, -0.25) is 4.79 Å². The van der Waals surface area contributed by atoms with Gasteiger partial charge in [-0.25, -0.2) is 4.79 Å². The van der Waals surface area contributed by atoms with E-state index in [1.165, 1.54) is 12.8 Å². The topological polar surface area (TPSA) is 78.4 Å². The smallest absolute Gasteiger partial charge is 0.314 e. The van der Waals surface area contributed by atoms with Crippen LogP contribution in [0.1, 0.15) is 64.7 Å². The molecule has 0 saturated heterocycles. The molecule has 2 rings (SSSR count). The van der Waals surface area contributed by atoms with E-state index in [2.05, 4.69) is 17.6 Å². The van der Waals surface area contributed by atoms with Gasteiger partial charge < -0.3 is 15.7 Å². The lowest BCUT2D eigenvalue weighted by atomic mass is 9.74. The van der Waals surface area contributed by atoms with Crippen LogP contribution in [0, 0.1) is 10.8 Å². The maximum absolute atomic E-state index is 11.9. The molecule has 0 heterocycles. The van der Waals surface area contributed by atoms with E-state index < -0.39 is 11.4 Å². The zero-order chi connectivity index (χ0) is 15.3.